The molecule has 2 amide bonds. The van der Waals surface area contributed by atoms with E-state index in [1.807, 2.05) is 73.7 Å². The summed E-state index contributed by atoms with van der Waals surface area (Å²) >= 11 is 1.29. The van der Waals surface area contributed by atoms with Crippen LogP contribution in [0.5, 0.6) is 11.5 Å². The number of nitrogens with zero attached hydrogens (tertiary/aromatic N) is 2. The van der Waals surface area contributed by atoms with Crippen LogP contribution in [0.15, 0.2) is 83.9 Å². The molecule has 0 bridgehead atoms. The van der Waals surface area contributed by atoms with Gasteiger partial charge in [-0.25, -0.2) is 4.99 Å². The average molecular weight is 490 g/mol. The van der Waals surface area contributed by atoms with Crippen molar-refractivity contribution in [1.29, 1.82) is 0 Å². The van der Waals surface area contributed by atoms with E-state index in [4.69, 9.17) is 14.5 Å². The molecule has 1 N–H and O–H groups in total. The van der Waals surface area contributed by atoms with Crippen molar-refractivity contribution in [3.8, 4) is 11.5 Å². The first-order valence-electron chi connectivity index (χ1n) is 11.3. The van der Waals surface area contributed by atoms with E-state index in [2.05, 4.69) is 5.32 Å². The number of nitrogens with one attached hydrogen (secondary N) is 1. The molecule has 35 heavy (non-hydrogen) atoms. The molecule has 1 atom stereocenters. The van der Waals surface area contributed by atoms with Gasteiger partial charge >= 0.3 is 0 Å². The third-order valence-electron chi connectivity index (χ3n) is 5.33. The fourth-order valence-electron chi connectivity index (χ4n) is 3.58. The number of anilines is 1. The number of para-hydroxylation sites is 1. The molecule has 3 aromatic rings. The van der Waals surface area contributed by atoms with Crippen molar-refractivity contribution in [2.24, 2.45) is 4.99 Å². The highest BCUT2D eigenvalue weighted by Gasteiger charge is 2.36. The minimum atomic E-state index is -0.604. The van der Waals surface area contributed by atoms with Gasteiger partial charge in [-0.15, -0.1) is 0 Å². The summed E-state index contributed by atoms with van der Waals surface area (Å²) in [6, 6.07) is 24.2. The summed E-state index contributed by atoms with van der Waals surface area (Å²) < 4.78 is 10.7. The van der Waals surface area contributed by atoms with Crippen molar-refractivity contribution >= 4 is 40.1 Å². The molecule has 0 saturated carbocycles. The Bertz CT molecular complexity index is 1200. The Balaban J connectivity index is 1.55. The number of amidine groups is 1. The Hall–Kier alpha value is -3.78. The Kier molecular flexibility index (Phi) is 8.05. The molecule has 0 aliphatic carbocycles. The fraction of sp³-hybridized carbons (Fsp3) is 0.222. The number of amides is 2. The number of ether oxygens (including phenoxy) is 2. The monoisotopic (exact) mass is 489 g/mol. The van der Waals surface area contributed by atoms with Crippen LogP contribution >= 0.6 is 11.8 Å². The van der Waals surface area contributed by atoms with E-state index in [9.17, 15) is 9.59 Å². The molecule has 1 saturated heterocycles. The second kappa shape index (κ2) is 11.6. The van der Waals surface area contributed by atoms with E-state index in [0.717, 1.165) is 11.3 Å². The number of hydrogen-bond acceptors (Lipinski definition) is 6. The zero-order chi connectivity index (χ0) is 24.6. The normalized spacial score (nSPS) is 16.7. The van der Waals surface area contributed by atoms with Gasteiger partial charge in [0.05, 0.1) is 25.9 Å². The van der Waals surface area contributed by atoms with Crippen LogP contribution in [0.1, 0.15) is 18.9 Å². The number of carbonyl (C=O) groups is 2. The Morgan fingerprint density at radius 2 is 1.83 bits per heavy atom. The van der Waals surface area contributed by atoms with Crippen molar-refractivity contribution in [1.82, 2.24) is 4.90 Å². The first kappa shape index (κ1) is 24.3. The highest BCUT2D eigenvalue weighted by atomic mass is 32.2. The number of carbonyl (C=O) groups excluding carboxylic acids is 2. The molecule has 3 aromatic carbocycles. The van der Waals surface area contributed by atoms with Gasteiger partial charge in [0, 0.05) is 18.2 Å². The number of rotatable bonds is 8. The molecule has 1 fully saturated rings. The van der Waals surface area contributed by atoms with E-state index < -0.39 is 5.25 Å². The Morgan fingerprint density at radius 1 is 1.06 bits per heavy atom. The van der Waals surface area contributed by atoms with Crippen molar-refractivity contribution in [2.75, 3.05) is 19.0 Å². The minimum Gasteiger partial charge on any atom is -0.497 e. The van der Waals surface area contributed by atoms with Crippen molar-refractivity contribution in [3.63, 3.8) is 0 Å². The predicted molar refractivity (Wildman–Crippen MR) is 139 cm³/mol. The molecule has 0 radical (unpaired) electrons. The largest absolute Gasteiger partial charge is 0.497 e. The van der Waals surface area contributed by atoms with E-state index >= 15 is 0 Å². The lowest BCUT2D eigenvalue weighted by Gasteiger charge is -2.32. The smallest absolute Gasteiger partial charge is 0.238 e. The number of methoxy groups -OCH3 is 1. The van der Waals surface area contributed by atoms with Crippen LogP contribution in [0.4, 0.5) is 11.4 Å². The number of aliphatic imine (C=N–C) groups is 1. The van der Waals surface area contributed by atoms with Crippen molar-refractivity contribution in [2.45, 2.75) is 25.1 Å². The highest BCUT2D eigenvalue weighted by Crippen LogP contribution is 2.31. The lowest BCUT2D eigenvalue weighted by molar-refractivity contribution is -0.129. The predicted octanol–water partition coefficient (Wildman–Crippen LogP) is 5.25. The van der Waals surface area contributed by atoms with Gasteiger partial charge in [0.2, 0.25) is 11.8 Å². The first-order chi connectivity index (χ1) is 17.1. The molecular formula is C27H27N3O4S. The first-order valence-corrected chi connectivity index (χ1v) is 12.2. The second-order valence-corrected chi connectivity index (χ2v) is 8.99. The lowest BCUT2D eigenvalue weighted by atomic mass is 10.2. The third-order valence-corrected chi connectivity index (χ3v) is 6.51. The van der Waals surface area contributed by atoms with Crippen LogP contribution < -0.4 is 14.8 Å². The van der Waals surface area contributed by atoms with Crippen LogP contribution in [0, 0.1) is 0 Å². The van der Waals surface area contributed by atoms with Gasteiger partial charge in [-0.2, -0.15) is 0 Å². The molecule has 180 valence electrons. The zero-order valence-electron chi connectivity index (χ0n) is 19.6. The van der Waals surface area contributed by atoms with Gasteiger partial charge in [0.25, 0.3) is 0 Å². The standard InChI is InChI=1S/C27H27N3O4S/c1-3-34-23-11-7-10-21(16-23)28-26(32)24-17-25(31)30(18-19-12-14-22(33-2)15-13-19)27(35-24)29-20-8-5-4-6-9-20/h4-16,24H,3,17-18H2,1-2H3,(H,28,32)/t24-/m0/s1. The Labute approximate surface area is 209 Å². The van der Waals surface area contributed by atoms with E-state index in [1.54, 1.807) is 24.1 Å². The molecule has 0 spiro atoms. The van der Waals surface area contributed by atoms with Crippen LogP contribution in [-0.4, -0.2) is 40.8 Å². The number of benzene rings is 3. The van der Waals surface area contributed by atoms with Gasteiger partial charge < -0.3 is 14.8 Å². The van der Waals surface area contributed by atoms with Crippen molar-refractivity contribution in [3.05, 3.63) is 84.4 Å². The molecule has 1 aliphatic rings. The van der Waals surface area contributed by atoms with Gasteiger partial charge in [0.15, 0.2) is 5.17 Å². The summed E-state index contributed by atoms with van der Waals surface area (Å²) in [6.45, 7) is 2.79. The Morgan fingerprint density at radius 3 is 2.54 bits per heavy atom. The molecule has 0 unspecified atom stereocenters. The maximum Gasteiger partial charge on any atom is 0.238 e. The molecule has 8 heteroatoms. The molecule has 1 heterocycles. The van der Waals surface area contributed by atoms with Crippen molar-refractivity contribution < 1.29 is 19.1 Å². The number of thioether (sulfide) groups is 1. The van der Waals surface area contributed by atoms with Crippen LogP contribution in [0.2, 0.25) is 0 Å². The second-order valence-electron chi connectivity index (χ2n) is 7.82. The van der Waals surface area contributed by atoms with E-state index in [0.29, 0.717) is 35.4 Å². The van der Waals surface area contributed by atoms with Gasteiger partial charge in [-0.3, -0.25) is 14.5 Å². The molecule has 0 aromatic heterocycles. The lowest BCUT2D eigenvalue weighted by Crippen LogP contribution is -2.44. The fourth-order valence-corrected chi connectivity index (χ4v) is 4.67. The molecular weight excluding hydrogens is 462 g/mol. The van der Waals surface area contributed by atoms with Gasteiger partial charge in [-0.1, -0.05) is 48.2 Å². The summed E-state index contributed by atoms with van der Waals surface area (Å²) in [5, 5.41) is 2.80. The van der Waals surface area contributed by atoms with Crippen LogP contribution in [0.3, 0.4) is 0 Å². The maximum atomic E-state index is 13.2. The van der Waals surface area contributed by atoms with Crippen LogP contribution in [0.25, 0.3) is 0 Å². The van der Waals surface area contributed by atoms with E-state index in [1.165, 1.54) is 11.8 Å². The summed E-state index contributed by atoms with van der Waals surface area (Å²) in [7, 11) is 1.61. The summed E-state index contributed by atoms with van der Waals surface area (Å²) in [5.41, 5.74) is 2.28. The average Bonchev–Trinajstić information content (AvgIpc) is 2.87. The minimum absolute atomic E-state index is 0.0750. The molecule has 1 aliphatic heterocycles. The zero-order valence-corrected chi connectivity index (χ0v) is 20.5. The molecule has 7 nitrogen and oxygen atoms in total. The SMILES string of the molecule is CCOc1cccc(NC(=O)[C@@H]2CC(=O)N(Cc3ccc(OC)cc3)C(=Nc3ccccc3)S2)c1. The molecule has 4 rings (SSSR count). The van der Waals surface area contributed by atoms with E-state index in [-0.39, 0.29) is 18.2 Å². The quantitative estimate of drug-likeness (QED) is 0.467. The topological polar surface area (TPSA) is 80.2 Å². The van der Waals surface area contributed by atoms with Gasteiger partial charge in [-0.05, 0) is 48.9 Å². The maximum absolute atomic E-state index is 13.2. The van der Waals surface area contributed by atoms with Crippen LogP contribution in [-0.2, 0) is 16.1 Å². The summed E-state index contributed by atoms with van der Waals surface area (Å²) in [4.78, 5) is 32.7. The summed E-state index contributed by atoms with van der Waals surface area (Å²) in [5.74, 6) is 1.02. The summed E-state index contributed by atoms with van der Waals surface area (Å²) in [6.07, 6.45) is 0.0750. The number of hydrogen-bond donors (Lipinski definition) is 1. The van der Waals surface area contributed by atoms with Gasteiger partial charge in [0.1, 0.15) is 16.7 Å². The third kappa shape index (κ3) is 6.42. The highest BCUT2D eigenvalue weighted by molar-refractivity contribution is 8.15.